The monoisotopic (exact) mass is 299 g/mol. The lowest BCUT2D eigenvalue weighted by molar-refractivity contribution is 0.0633. The molecular formula is C13H18BrNO2. The van der Waals surface area contributed by atoms with E-state index in [0.29, 0.717) is 6.61 Å². The Labute approximate surface area is 111 Å². The van der Waals surface area contributed by atoms with Gasteiger partial charge in [-0.25, -0.2) is 0 Å². The van der Waals surface area contributed by atoms with Gasteiger partial charge in [0.2, 0.25) is 0 Å². The summed E-state index contributed by atoms with van der Waals surface area (Å²) in [6, 6.07) is 5.72. The molecule has 0 aliphatic heterocycles. The summed E-state index contributed by atoms with van der Waals surface area (Å²) < 4.78 is 6.02. The highest BCUT2D eigenvalue weighted by Gasteiger charge is 2.19. The summed E-state index contributed by atoms with van der Waals surface area (Å²) in [5, 5.41) is 0. The van der Waals surface area contributed by atoms with Crippen molar-refractivity contribution in [3.63, 3.8) is 0 Å². The SMILES string of the molecule is COCC(C)N(C)C(=O)c1cccc(Br)c1C. The van der Waals surface area contributed by atoms with Crippen molar-refractivity contribution in [2.45, 2.75) is 19.9 Å². The van der Waals surface area contributed by atoms with E-state index >= 15 is 0 Å². The van der Waals surface area contributed by atoms with Gasteiger partial charge >= 0.3 is 0 Å². The fraction of sp³-hybridized carbons (Fsp3) is 0.462. The highest BCUT2D eigenvalue weighted by atomic mass is 79.9. The lowest BCUT2D eigenvalue weighted by Gasteiger charge is -2.25. The molecule has 0 heterocycles. The summed E-state index contributed by atoms with van der Waals surface area (Å²) in [6.07, 6.45) is 0. The second-order valence-electron chi connectivity index (χ2n) is 4.13. The molecule has 1 amide bonds. The minimum absolute atomic E-state index is 0.0216. The zero-order valence-electron chi connectivity index (χ0n) is 10.7. The van der Waals surface area contributed by atoms with Crippen molar-refractivity contribution >= 4 is 21.8 Å². The van der Waals surface area contributed by atoms with Crippen molar-refractivity contribution in [3.8, 4) is 0 Å². The molecule has 1 atom stereocenters. The van der Waals surface area contributed by atoms with E-state index in [4.69, 9.17) is 4.74 Å². The zero-order chi connectivity index (χ0) is 13.0. The van der Waals surface area contributed by atoms with Gasteiger partial charge in [-0.05, 0) is 31.5 Å². The molecule has 0 fully saturated rings. The normalized spacial score (nSPS) is 12.3. The third-order valence-corrected chi connectivity index (χ3v) is 3.75. The van der Waals surface area contributed by atoms with Crippen LogP contribution in [0.2, 0.25) is 0 Å². The van der Waals surface area contributed by atoms with Gasteiger partial charge in [0.1, 0.15) is 0 Å². The number of amides is 1. The van der Waals surface area contributed by atoms with Gasteiger partial charge in [0.05, 0.1) is 12.6 Å². The van der Waals surface area contributed by atoms with Gasteiger partial charge < -0.3 is 9.64 Å². The lowest BCUT2D eigenvalue weighted by Crippen LogP contribution is -2.38. The molecule has 94 valence electrons. The first kappa shape index (κ1) is 14.2. The molecule has 4 heteroatoms. The van der Waals surface area contributed by atoms with Crippen molar-refractivity contribution in [3.05, 3.63) is 33.8 Å². The predicted octanol–water partition coefficient (Wildman–Crippen LogP) is 2.86. The van der Waals surface area contributed by atoms with E-state index in [9.17, 15) is 4.79 Å². The highest BCUT2D eigenvalue weighted by molar-refractivity contribution is 9.10. The molecule has 0 N–H and O–H groups in total. The quantitative estimate of drug-likeness (QED) is 0.855. The average molecular weight is 300 g/mol. The summed E-state index contributed by atoms with van der Waals surface area (Å²) in [4.78, 5) is 14.0. The van der Waals surface area contributed by atoms with Gasteiger partial charge in [-0.1, -0.05) is 22.0 Å². The van der Waals surface area contributed by atoms with Gasteiger partial charge in [-0.3, -0.25) is 4.79 Å². The third kappa shape index (κ3) is 3.30. The van der Waals surface area contributed by atoms with Crippen LogP contribution in [0.15, 0.2) is 22.7 Å². The number of carbonyl (C=O) groups is 1. The summed E-state index contributed by atoms with van der Waals surface area (Å²) in [5.74, 6) is 0.0216. The number of carbonyl (C=O) groups excluding carboxylic acids is 1. The first-order valence-corrected chi connectivity index (χ1v) is 6.29. The molecule has 3 nitrogen and oxygen atoms in total. The van der Waals surface area contributed by atoms with Gasteiger partial charge in [0.25, 0.3) is 5.91 Å². The third-order valence-electron chi connectivity index (χ3n) is 2.89. The Balaban J connectivity index is 2.93. The number of halogens is 1. The number of likely N-dealkylation sites (N-methyl/N-ethyl adjacent to an activating group) is 1. The number of benzene rings is 1. The largest absolute Gasteiger partial charge is 0.383 e. The zero-order valence-corrected chi connectivity index (χ0v) is 12.2. The Hall–Kier alpha value is -0.870. The second-order valence-corrected chi connectivity index (χ2v) is 4.99. The highest BCUT2D eigenvalue weighted by Crippen LogP contribution is 2.20. The second kappa shape index (κ2) is 6.17. The maximum absolute atomic E-state index is 12.3. The molecule has 17 heavy (non-hydrogen) atoms. The molecule has 0 radical (unpaired) electrons. The van der Waals surface area contributed by atoms with Gasteiger partial charge in [0.15, 0.2) is 0 Å². The van der Waals surface area contributed by atoms with Crippen LogP contribution in [0.5, 0.6) is 0 Å². The van der Waals surface area contributed by atoms with E-state index in [1.54, 1.807) is 19.1 Å². The number of nitrogens with zero attached hydrogens (tertiary/aromatic N) is 1. The van der Waals surface area contributed by atoms with Gasteiger partial charge in [0, 0.05) is 24.2 Å². The van der Waals surface area contributed by atoms with Crippen molar-refractivity contribution in [2.24, 2.45) is 0 Å². The van der Waals surface area contributed by atoms with Crippen molar-refractivity contribution in [1.29, 1.82) is 0 Å². The molecule has 1 unspecified atom stereocenters. The Morgan fingerprint density at radius 3 is 2.76 bits per heavy atom. The van der Waals surface area contributed by atoms with Crippen molar-refractivity contribution < 1.29 is 9.53 Å². The van der Waals surface area contributed by atoms with E-state index in [1.165, 1.54) is 0 Å². The fourth-order valence-electron chi connectivity index (χ4n) is 1.58. The minimum atomic E-state index is 0.0216. The first-order chi connectivity index (χ1) is 7.99. The molecule has 1 aromatic rings. The predicted molar refractivity (Wildman–Crippen MR) is 72.3 cm³/mol. The smallest absolute Gasteiger partial charge is 0.254 e. The Bertz CT molecular complexity index is 406. The Morgan fingerprint density at radius 1 is 1.53 bits per heavy atom. The van der Waals surface area contributed by atoms with Crippen LogP contribution in [0.25, 0.3) is 0 Å². The fourth-order valence-corrected chi connectivity index (χ4v) is 1.95. The van der Waals surface area contributed by atoms with E-state index in [2.05, 4.69) is 15.9 Å². The molecule has 1 aromatic carbocycles. The number of methoxy groups -OCH3 is 1. The molecule has 1 rings (SSSR count). The van der Waals surface area contributed by atoms with Crippen molar-refractivity contribution in [1.82, 2.24) is 4.90 Å². The van der Waals surface area contributed by atoms with Crippen LogP contribution < -0.4 is 0 Å². The maximum Gasteiger partial charge on any atom is 0.254 e. The topological polar surface area (TPSA) is 29.5 Å². The van der Waals surface area contributed by atoms with Crippen LogP contribution in [-0.2, 0) is 4.74 Å². The summed E-state index contributed by atoms with van der Waals surface area (Å²) >= 11 is 3.44. The Kier molecular flexibility index (Phi) is 5.15. The van der Waals surface area contributed by atoms with Crippen LogP contribution in [0.3, 0.4) is 0 Å². The van der Waals surface area contributed by atoms with Crippen LogP contribution in [-0.4, -0.2) is 37.6 Å². The van der Waals surface area contributed by atoms with Crippen LogP contribution in [0, 0.1) is 6.92 Å². The molecule has 0 aliphatic rings. The lowest BCUT2D eigenvalue weighted by atomic mass is 10.1. The summed E-state index contributed by atoms with van der Waals surface area (Å²) in [6.45, 7) is 4.44. The summed E-state index contributed by atoms with van der Waals surface area (Å²) in [7, 11) is 3.44. The standard InChI is InChI=1S/C13H18BrNO2/c1-9(8-17-4)15(3)13(16)11-6-5-7-12(14)10(11)2/h5-7,9H,8H2,1-4H3. The van der Waals surface area contributed by atoms with Crippen LogP contribution >= 0.6 is 15.9 Å². The Morgan fingerprint density at radius 2 is 2.18 bits per heavy atom. The van der Waals surface area contributed by atoms with E-state index in [0.717, 1.165) is 15.6 Å². The van der Waals surface area contributed by atoms with E-state index < -0.39 is 0 Å². The first-order valence-electron chi connectivity index (χ1n) is 5.50. The van der Waals surface area contributed by atoms with Crippen LogP contribution in [0.1, 0.15) is 22.8 Å². The molecule has 0 saturated carbocycles. The number of rotatable bonds is 4. The molecule has 0 bridgehead atoms. The number of ether oxygens (including phenoxy) is 1. The van der Waals surface area contributed by atoms with Crippen molar-refractivity contribution in [2.75, 3.05) is 20.8 Å². The maximum atomic E-state index is 12.3. The minimum Gasteiger partial charge on any atom is -0.383 e. The van der Waals surface area contributed by atoms with Gasteiger partial charge in [-0.2, -0.15) is 0 Å². The average Bonchev–Trinajstić information content (AvgIpc) is 2.31. The molecule has 0 saturated heterocycles. The van der Waals surface area contributed by atoms with E-state index in [-0.39, 0.29) is 11.9 Å². The molecule has 0 aromatic heterocycles. The molecule has 0 spiro atoms. The molecule has 0 aliphatic carbocycles. The van der Waals surface area contributed by atoms with Crippen LogP contribution in [0.4, 0.5) is 0 Å². The van der Waals surface area contributed by atoms with Gasteiger partial charge in [-0.15, -0.1) is 0 Å². The van der Waals surface area contributed by atoms with E-state index in [1.807, 2.05) is 32.0 Å². The number of hydrogen-bond donors (Lipinski definition) is 0. The molecular weight excluding hydrogens is 282 g/mol. The summed E-state index contributed by atoms with van der Waals surface area (Å²) in [5.41, 5.74) is 1.69. The number of hydrogen-bond acceptors (Lipinski definition) is 2.